The molecular weight excluding hydrogens is 326 g/mol. The topological polar surface area (TPSA) is 29.1 Å². The molecule has 1 amide bonds. The zero-order chi connectivity index (χ0) is 15.0. The summed E-state index contributed by atoms with van der Waals surface area (Å²) in [6.07, 6.45) is 1.40. The summed E-state index contributed by atoms with van der Waals surface area (Å²) in [4.78, 5) is 11.6. The van der Waals surface area contributed by atoms with Crippen LogP contribution in [0.1, 0.15) is 39.1 Å². The molecule has 108 valence electrons. The second kappa shape index (κ2) is 5.64. The van der Waals surface area contributed by atoms with Crippen LogP contribution in [0.3, 0.4) is 0 Å². The van der Waals surface area contributed by atoms with Crippen molar-refractivity contribution in [1.82, 2.24) is 0 Å². The molecule has 0 spiro atoms. The highest BCUT2D eigenvalue weighted by Gasteiger charge is 2.18. The minimum Gasteiger partial charge on any atom is -0.326 e. The molecule has 0 fully saturated rings. The third kappa shape index (κ3) is 2.88. The first-order valence-electron chi connectivity index (χ1n) is 7.18. The molecule has 0 saturated carbocycles. The third-order valence-corrected chi connectivity index (χ3v) is 5.04. The summed E-state index contributed by atoms with van der Waals surface area (Å²) in [6.45, 7) is 4.26. The quantitative estimate of drug-likeness (QED) is 0.788. The minimum atomic E-state index is 0.111. The first-order chi connectivity index (χ1) is 10.0. The van der Waals surface area contributed by atoms with Crippen molar-refractivity contribution in [3.63, 3.8) is 0 Å². The van der Waals surface area contributed by atoms with E-state index in [9.17, 15) is 4.79 Å². The number of hydrogen-bond donors (Lipinski definition) is 1. The molecule has 0 bridgehead atoms. The maximum absolute atomic E-state index is 11.4. The summed E-state index contributed by atoms with van der Waals surface area (Å²) in [7, 11) is 0. The molecule has 1 unspecified atom stereocenters. The Hall–Kier alpha value is -1.61. The number of fused-ring (bicyclic) bond motifs is 1. The molecule has 3 rings (SSSR count). The average molecular weight is 344 g/mol. The number of nitrogens with one attached hydrogen (secondary N) is 1. The Balaban J connectivity index is 1.95. The van der Waals surface area contributed by atoms with Gasteiger partial charge in [0.15, 0.2) is 0 Å². The van der Waals surface area contributed by atoms with Crippen LogP contribution >= 0.6 is 15.9 Å². The van der Waals surface area contributed by atoms with Gasteiger partial charge in [-0.2, -0.15) is 0 Å². The van der Waals surface area contributed by atoms with Crippen molar-refractivity contribution in [3.05, 3.63) is 64.2 Å². The van der Waals surface area contributed by atoms with Crippen LogP contribution < -0.4 is 5.32 Å². The predicted octanol–water partition coefficient (Wildman–Crippen LogP) is 4.67. The largest absolute Gasteiger partial charge is 0.326 e. The molecule has 3 heteroatoms. The van der Waals surface area contributed by atoms with E-state index in [1.165, 1.54) is 27.8 Å². The number of rotatable bonds is 2. The van der Waals surface area contributed by atoms with Gasteiger partial charge in [-0.25, -0.2) is 0 Å². The van der Waals surface area contributed by atoms with E-state index in [-0.39, 0.29) is 10.7 Å². The van der Waals surface area contributed by atoms with Gasteiger partial charge in [-0.15, -0.1) is 0 Å². The SMILES string of the molecule is Cc1ccc(C(Br)c2ccc3c(c2)CCC(=O)N3)c(C)c1. The Morgan fingerprint density at radius 2 is 1.90 bits per heavy atom. The molecule has 0 aromatic heterocycles. The Morgan fingerprint density at radius 1 is 1.10 bits per heavy atom. The van der Waals surface area contributed by atoms with Crippen LogP contribution in [0.25, 0.3) is 0 Å². The lowest BCUT2D eigenvalue weighted by Gasteiger charge is -2.20. The van der Waals surface area contributed by atoms with Gasteiger partial charge in [-0.1, -0.05) is 51.8 Å². The molecule has 21 heavy (non-hydrogen) atoms. The molecule has 2 aromatic carbocycles. The van der Waals surface area contributed by atoms with Crippen LogP contribution in [-0.2, 0) is 11.2 Å². The second-order valence-electron chi connectivity index (χ2n) is 5.69. The summed E-state index contributed by atoms with van der Waals surface area (Å²) in [6, 6.07) is 12.8. The fourth-order valence-corrected chi connectivity index (χ4v) is 3.65. The van der Waals surface area contributed by atoms with Crippen LogP contribution in [0.15, 0.2) is 36.4 Å². The van der Waals surface area contributed by atoms with Crippen LogP contribution in [0.5, 0.6) is 0 Å². The van der Waals surface area contributed by atoms with Crippen molar-refractivity contribution in [1.29, 1.82) is 0 Å². The number of hydrogen-bond acceptors (Lipinski definition) is 1. The number of carbonyl (C=O) groups is 1. The van der Waals surface area contributed by atoms with Crippen LogP contribution in [0, 0.1) is 13.8 Å². The number of halogens is 1. The third-order valence-electron chi connectivity index (χ3n) is 4.02. The fourth-order valence-electron chi connectivity index (χ4n) is 2.85. The van der Waals surface area contributed by atoms with Gasteiger partial charge >= 0.3 is 0 Å². The molecule has 0 aliphatic carbocycles. The number of carbonyl (C=O) groups excluding carboxylic acids is 1. The second-order valence-corrected chi connectivity index (χ2v) is 6.60. The van der Waals surface area contributed by atoms with E-state index >= 15 is 0 Å². The van der Waals surface area contributed by atoms with Crippen LogP contribution in [0.4, 0.5) is 5.69 Å². The highest BCUT2D eigenvalue weighted by Crippen LogP contribution is 2.35. The monoisotopic (exact) mass is 343 g/mol. The zero-order valence-corrected chi connectivity index (χ0v) is 13.8. The summed E-state index contributed by atoms with van der Waals surface area (Å²) >= 11 is 3.82. The zero-order valence-electron chi connectivity index (χ0n) is 12.2. The smallest absolute Gasteiger partial charge is 0.224 e. The Bertz CT molecular complexity index is 708. The number of aryl methyl sites for hydroxylation is 3. The lowest BCUT2D eigenvalue weighted by Crippen LogP contribution is -2.19. The highest BCUT2D eigenvalue weighted by molar-refractivity contribution is 9.09. The van der Waals surface area contributed by atoms with Gasteiger partial charge < -0.3 is 5.32 Å². The molecule has 0 radical (unpaired) electrons. The number of alkyl halides is 1. The number of benzene rings is 2. The summed E-state index contributed by atoms with van der Waals surface area (Å²) in [5, 5.41) is 2.93. The van der Waals surface area contributed by atoms with E-state index in [0.717, 1.165) is 12.1 Å². The lowest BCUT2D eigenvalue weighted by atomic mass is 9.95. The van der Waals surface area contributed by atoms with Crippen molar-refractivity contribution in [2.45, 2.75) is 31.5 Å². The van der Waals surface area contributed by atoms with E-state index in [1.54, 1.807) is 0 Å². The molecular formula is C18H18BrNO. The van der Waals surface area contributed by atoms with Crippen molar-refractivity contribution in [3.8, 4) is 0 Å². The molecule has 1 heterocycles. The van der Waals surface area contributed by atoms with Gasteiger partial charge in [0, 0.05) is 12.1 Å². The molecule has 1 atom stereocenters. The van der Waals surface area contributed by atoms with Gasteiger partial charge in [0.2, 0.25) is 5.91 Å². The number of anilines is 1. The van der Waals surface area contributed by atoms with Crippen molar-refractivity contribution in [2.75, 3.05) is 5.32 Å². The average Bonchev–Trinajstić information content (AvgIpc) is 2.46. The molecule has 0 saturated heterocycles. The molecule has 2 nitrogen and oxygen atoms in total. The first-order valence-corrected chi connectivity index (χ1v) is 8.10. The maximum atomic E-state index is 11.4. The van der Waals surface area contributed by atoms with Crippen LogP contribution in [0.2, 0.25) is 0 Å². The number of amides is 1. The van der Waals surface area contributed by atoms with Crippen LogP contribution in [-0.4, -0.2) is 5.91 Å². The van der Waals surface area contributed by atoms with E-state index < -0.39 is 0 Å². The highest BCUT2D eigenvalue weighted by atomic mass is 79.9. The minimum absolute atomic E-state index is 0.111. The Labute approximate surface area is 133 Å². The van der Waals surface area contributed by atoms with Gasteiger partial charge in [-0.05, 0) is 48.6 Å². The Kier molecular flexibility index (Phi) is 3.85. The standard InChI is InChI=1S/C18H18BrNO/c1-11-3-6-15(12(2)9-11)18(19)14-4-7-16-13(10-14)5-8-17(21)20-16/h3-4,6-7,9-10,18H,5,8H2,1-2H3,(H,20,21). The normalized spacial score (nSPS) is 15.3. The summed E-state index contributed by atoms with van der Waals surface area (Å²) in [5.41, 5.74) is 7.28. The molecule has 1 aliphatic rings. The van der Waals surface area contributed by atoms with E-state index in [1.807, 2.05) is 6.07 Å². The van der Waals surface area contributed by atoms with E-state index in [2.05, 4.69) is 65.4 Å². The summed E-state index contributed by atoms with van der Waals surface area (Å²) < 4.78 is 0. The first kappa shape index (κ1) is 14.3. The van der Waals surface area contributed by atoms with Gasteiger partial charge in [0.1, 0.15) is 0 Å². The van der Waals surface area contributed by atoms with Crippen molar-refractivity contribution >= 4 is 27.5 Å². The molecule has 1 aliphatic heterocycles. The van der Waals surface area contributed by atoms with Crippen molar-refractivity contribution < 1.29 is 4.79 Å². The van der Waals surface area contributed by atoms with Gasteiger partial charge in [0.25, 0.3) is 0 Å². The predicted molar refractivity (Wildman–Crippen MR) is 90.1 cm³/mol. The Morgan fingerprint density at radius 3 is 2.67 bits per heavy atom. The van der Waals surface area contributed by atoms with Gasteiger partial charge in [0.05, 0.1) is 4.83 Å². The van der Waals surface area contributed by atoms with E-state index in [4.69, 9.17) is 0 Å². The van der Waals surface area contributed by atoms with Gasteiger partial charge in [-0.3, -0.25) is 4.79 Å². The maximum Gasteiger partial charge on any atom is 0.224 e. The van der Waals surface area contributed by atoms with E-state index in [0.29, 0.717) is 6.42 Å². The summed E-state index contributed by atoms with van der Waals surface area (Å²) in [5.74, 6) is 0.111. The molecule has 1 N–H and O–H groups in total. The lowest BCUT2D eigenvalue weighted by molar-refractivity contribution is -0.116. The molecule has 2 aromatic rings. The van der Waals surface area contributed by atoms with Crippen molar-refractivity contribution in [2.24, 2.45) is 0 Å². The fraction of sp³-hybridized carbons (Fsp3) is 0.278.